The molecule has 0 radical (unpaired) electrons. The zero-order valence-electron chi connectivity index (χ0n) is 11.2. The van der Waals surface area contributed by atoms with Crippen molar-refractivity contribution in [2.75, 3.05) is 20.1 Å². The van der Waals surface area contributed by atoms with Crippen molar-refractivity contribution in [3.63, 3.8) is 0 Å². The first-order valence-corrected chi connectivity index (χ1v) is 7.88. The Labute approximate surface area is 118 Å². The highest BCUT2D eigenvalue weighted by atomic mass is 32.2. The molecule has 1 fully saturated rings. The fraction of sp³-hybridized carbons (Fsp3) is 0.462. The van der Waals surface area contributed by atoms with E-state index in [0.717, 1.165) is 0 Å². The Kier molecular flexibility index (Phi) is 4.40. The van der Waals surface area contributed by atoms with Gasteiger partial charge in [-0.15, -0.1) is 0 Å². The summed E-state index contributed by atoms with van der Waals surface area (Å²) in [5, 5.41) is 21.5. The Hall–Kier alpha value is -1.46. The van der Waals surface area contributed by atoms with Crippen molar-refractivity contribution in [2.24, 2.45) is 0 Å². The number of sulfonamides is 1. The smallest absolute Gasteiger partial charge is 0.218 e. The lowest BCUT2D eigenvalue weighted by Crippen LogP contribution is -2.44. The maximum atomic E-state index is 12.3. The lowest BCUT2D eigenvalue weighted by molar-refractivity contribution is 0.136. The predicted octanol–water partition coefficient (Wildman–Crippen LogP) is -0.347. The standard InChI is InChI=1S/C13H17N3O3S/c1-16(12-7-15-8-13(12)17)20(18,19)9-11-4-2-3-10(5-11)6-14/h2-5,12-13,15,17H,7-9H2,1H3/t12-,13-/m1/s1. The largest absolute Gasteiger partial charge is 0.390 e. The van der Waals surface area contributed by atoms with Gasteiger partial charge in [0.15, 0.2) is 0 Å². The molecule has 0 spiro atoms. The summed E-state index contributed by atoms with van der Waals surface area (Å²) < 4.78 is 25.9. The molecule has 0 bridgehead atoms. The monoisotopic (exact) mass is 295 g/mol. The molecule has 1 aromatic carbocycles. The van der Waals surface area contributed by atoms with Gasteiger partial charge in [0.1, 0.15) is 0 Å². The number of nitrogens with zero attached hydrogens (tertiary/aromatic N) is 2. The SMILES string of the molecule is CN([C@@H]1CNC[C@H]1O)S(=O)(=O)Cc1cccc(C#N)c1. The van der Waals surface area contributed by atoms with Gasteiger partial charge in [-0.1, -0.05) is 12.1 Å². The van der Waals surface area contributed by atoms with Crippen LogP contribution in [-0.4, -0.2) is 50.1 Å². The van der Waals surface area contributed by atoms with Crippen molar-refractivity contribution in [2.45, 2.75) is 17.9 Å². The van der Waals surface area contributed by atoms with E-state index in [0.29, 0.717) is 24.2 Å². The second-order valence-corrected chi connectivity index (χ2v) is 6.91. The molecule has 1 aliphatic heterocycles. The van der Waals surface area contributed by atoms with Crippen molar-refractivity contribution in [1.82, 2.24) is 9.62 Å². The summed E-state index contributed by atoms with van der Waals surface area (Å²) >= 11 is 0. The average Bonchev–Trinajstić information content (AvgIpc) is 2.83. The summed E-state index contributed by atoms with van der Waals surface area (Å²) in [7, 11) is -2.05. The third-order valence-corrected chi connectivity index (χ3v) is 5.31. The highest BCUT2D eigenvalue weighted by Crippen LogP contribution is 2.16. The Morgan fingerprint density at radius 2 is 2.25 bits per heavy atom. The molecule has 0 saturated carbocycles. The minimum atomic E-state index is -3.53. The van der Waals surface area contributed by atoms with Crippen molar-refractivity contribution in [3.8, 4) is 6.07 Å². The van der Waals surface area contributed by atoms with Gasteiger partial charge in [0.2, 0.25) is 10.0 Å². The number of nitriles is 1. The molecular weight excluding hydrogens is 278 g/mol. The molecule has 1 saturated heterocycles. The van der Waals surface area contributed by atoms with Gasteiger partial charge in [0.05, 0.1) is 29.5 Å². The number of hydrogen-bond donors (Lipinski definition) is 2. The molecule has 2 rings (SSSR count). The maximum Gasteiger partial charge on any atom is 0.218 e. The fourth-order valence-corrected chi connectivity index (χ4v) is 3.70. The third kappa shape index (κ3) is 3.16. The molecule has 108 valence electrons. The van der Waals surface area contributed by atoms with E-state index >= 15 is 0 Å². The predicted molar refractivity (Wildman–Crippen MR) is 74.2 cm³/mol. The van der Waals surface area contributed by atoms with Crippen LogP contribution in [-0.2, 0) is 15.8 Å². The topological polar surface area (TPSA) is 93.4 Å². The summed E-state index contributed by atoms with van der Waals surface area (Å²) in [6.07, 6.45) is -0.694. The van der Waals surface area contributed by atoms with E-state index in [1.54, 1.807) is 24.3 Å². The van der Waals surface area contributed by atoms with Crippen LogP contribution in [0.15, 0.2) is 24.3 Å². The molecule has 0 aromatic heterocycles. The number of aliphatic hydroxyl groups is 1. The third-order valence-electron chi connectivity index (χ3n) is 3.46. The number of hydrogen-bond acceptors (Lipinski definition) is 5. The van der Waals surface area contributed by atoms with Gasteiger partial charge in [0, 0.05) is 20.1 Å². The molecule has 6 nitrogen and oxygen atoms in total. The Balaban J connectivity index is 2.16. The highest BCUT2D eigenvalue weighted by Gasteiger charge is 2.34. The Bertz CT molecular complexity index is 624. The van der Waals surface area contributed by atoms with Crippen molar-refractivity contribution in [1.29, 1.82) is 5.26 Å². The summed E-state index contributed by atoms with van der Waals surface area (Å²) in [5.41, 5.74) is 0.999. The fourth-order valence-electron chi connectivity index (χ4n) is 2.27. The van der Waals surface area contributed by atoms with E-state index in [-0.39, 0.29) is 5.75 Å². The van der Waals surface area contributed by atoms with E-state index in [9.17, 15) is 13.5 Å². The first kappa shape index (κ1) is 14.9. The van der Waals surface area contributed by atoms with E-state index in [1.165, 1.54) is 11.4 Å². The second kappa shape index (κ2) is 5.89. The summed E-state index contributed by atoms with van der Waals surface area (Å²) in [6.45, 7) is 0.837. The minimum absolute atomic E-state index is 0.178. The molecular formula is C13H17N3O3S. The number of likely N-dealkylation sites (N-methyl/N-ethyl adjacent to an activating group) is 1. The number of aliphatic hydroxyl groups excluding tert-OH is 1. The molecule has 0 unspecified atom stereocenters. The number of β-amino-alcohol motifs (C(OH)–C–C–N with tert-alkyl or cyclic N) is 1. The van der Waals surface area contributed by atoms with Crippen LogP contribution >= 0.6 is 0 Å². The maximum absolute atomic E-state index is 12.3. The van der Waals surface area contributed by atoms with Crippen molar-refractivity contribution >= 4 is 10.0 Å². The van der Waals surface area contributed by atoms with E-state index < -0.39 is 22.2 Å². The van der Waals surface area contributed by atoms with Crippen LogP contribution in [0.1, 0.15) is 11.1 Å². The van der Waals surface area contributed by atoms with Crippen molar-refractivity contribution in [3.05, 3.63) is 35.4 Å². The van der Waals surface area contributed by atoms with Gasteiger partial charge >= 0.3 is 0 Å². The van der Waals surface area contributed by atoms with Gasteiger partial charge in [-0.05, 0) is 17.7 Å². The van der Waals surface area contributed by atoms with Crippen LogP contribution in [0.5, 0.6) is 0 Å². The Morgan fingerprint density at radius 3 is 2.85 bits per heavy atom. The van der Waals surface area contributed by atoms with Crippen LogP contribution in [0.25, 0.3) is 0 Å². The minimum Gasteiger partial charge on any atom is -0.390 e. The molecule has 1 aliphatic rings. The van der Waals surface area contributed by atoms with Crippen LogP contribution in [0.3, 0.4) is 0 Å². The molecule has 20 heavy (non-hydrogen) atoms. The normalized spacial score (nSPS) is 22.9. The van der Waals surface area contributed by atoms with E-state index in [2.05, 4.69) is 5.32 Å². The molecule has 1 aromatic rings. The van der Waals surface area contributed by atoms with Gasteiger partial charge in [-0.25, -0.2) is 8.42 Å². The van der Waals surface area contributed by atoms with Gasteiger partial charge in [-0.3, -0.25) is 0 Å². The van der Waals surface area contributed by atoms with Crippen LogP contribution in [0.4, 0.5) is 0 Å². The number of benzene rings is 1. The lowest BCUT2D eigenvalue weighted by atomic mass is 10.2. The number of nitrogens with one attached hydrogen (secondary N) is 1. The van der Waals surface area contributed by atoms with Crippen LogP contribution < -0.4 is 5.32 Å². The highest BCUT2D eigenvalue weighted by molar-refractivity contribution is 7.88. The summed E-state index contributed by atoms with van der Waals surface area (Å²) in [6, 6.07) is 8.07. The van der Waals surface area contributed by atoms with Crippen LogP contribution in [0.2, 0.25) is 0 Å². The van der Waals surface area contributed by atoms with E-state index in [4.69, 9.17) is 5.26 Å². The zero-order chi connectivity index (χ0) is 14.8. The quantitative estimate of drug-likeness (QED) is 0.792. The molecule has 2 N–H and O–H groups in total. The molecule has 0 aliphatic carbocycles. The first-order chi connectivity index (χ1) is 9.44. The second-order valence-electron chi connectivity index (χ2n) is 4.88. The Morgan fingerprint density at radius 1 is 1.50 bits per heavy atom. The van der Waals surface area contributed by atoms with Gasteiger partial charge in [-0.2, -0.15) is 9.57 Å². The summed E-state index contributed by atoms with van der Waals surface area (Å²) in [4.78, 5) is 0. The molecule has 2 atom stereocenters. The lowest BCUT2D eigenvalue weighted by Gasteiger charge is -2.25. The zero-order valence-corrected chi connectivity index (χ0v) is 12.0. The first-order valence-electron chi connectivity index (χ1n) is 6.27. The van der Waals surface area contributed by atoms with E-state index in [1.807, 2.05) is 6.07 Å². The molecule has 7 heteroatoms. The van der Waals surface area contributed by atoms with Crippen LogP contribution in [0, 0.1) is 11.3 Å². The average molecular weight is 295 g/mol. The number of rotatable bonds is 4. The molecule has 0 amide bonds. The van der Waals surface area contributed by atoms with Crippen molar-refractivity contribution < 1.29 is 13.5 Å². The van der Waals surface area contributed by atoms with Gasteiger partial charge in [0.25, 0.3) is 0 Å². The summed E-state index contributed by atoms with van der Waals surface area (Å²) in [5.74, 6) is -0.178. The van der Waals surface area contributed by atoms with Gasteiger partial charge < -0.3 is 10.4 Å². The molecule has 1 heterocycles.